The lowest BCUT2D eigenvalue weighted by molar-refractivity contribution is 0.0655. The van der Waals surface area contributed by atoms with Crippen LogP contribution in [0.3, 0.4) is 0 Å². The van der Waals surface area contributed by atoms with Crippen LogP contribution in [0.4, 0.5) is 0 Å². The molecule has 1 fully saturated rings. The van der Waals surface area contributed by atoms with Crippen LogP contribution in [-0.2, 0) is 19.2 Å². The zero-order chi connectivity index (χ0) is 20.9. The molecule has 168 valence electrons. The number of hydrogen-bond acceptors (Lipinski definition) is 6. The molecule has 0 bridgehead atoms. The van der Waals surface area contributed by atoms with E-state index in [1.54, 1.807) is 11.3 Å². The number of hydrogen-bond donors (Lipinski definition) is 3. The minimum atomic E-state index is -0.958. The fourth-order valence-electron chi connectivity index (χ4n) is 3.60. The Balaban J connectivity index is 0.00000320. The van der Waals surface area contributed by atoms with Gasteiger partial charge in [0.05, 0.1) is 6.54 Å². The van der Waals surface area contributed by atoms with Gasteiger partial charge in [0.1, 0.15) is 18.0 Å². The Hall–Kier alpha value is -1.24. The lowest BCUT2D eigenvalue weighted by Crippen LogP contribution is -2.48. The summed E-state index contributed by atoms with van der Waals surface area (Å²) < 4.78 is 1.94. The van der Waals surface area contributed by atoms with Gasteiger partial charge in [-0.2, -0.15) is 0 Å². The largest absolute Gasteiger partial charge is 0.383 e. The van der Waals surface area contributed by atoms with E-state index in [2.05, 4.69) is 32.7 Å². The highest BCUT2D eigenvalue weighted by Gasteiger charge is 2.26. The third kappa shape index (κ3) is 6.38. The molecule has 0 saturated carbocycles. The van der Waals surface area contributed by atoms with Gasteiger partial charge >= 0.3 is 0 Å². The van der Waals surface area contributed by atoms with E-state index in [1.165, 1.54) is 12.8 Å². The van der Waals surface area contributed by atoms with Gasteiger partial charge < -0.3 is 20.3 Å². The Kier molecular flexibility index (Phi) is 9.51. The molecule has 1 aliphatic rings. The van der Waals surface area contributed by atoms with Crippen molar-refractivity contribution in [3.05, 3.63) is 34.0 Å². The highest BCUT2D eigenvalue weighted by Crippen LogP contribution is 2.24. The fourth-order valence-corrected chi connectivity index (χ4v) is 4.38. The van der Waals surface area contributed by atoms with Crippen LogP contribution < -0.4 is 10.6 Å². The molecule has 0 spiro atoms. The number of halogens is 1. The van der Waals surface area contributed by atoms with Gasteiger partial charge in [0, 0.05) is 24.5 Å². The van der Waals surface area contributed by atoms with E-state index in [0.717, 1.165) is 36.2 Å². The van der Waals surface area contributed by atoms with Crippen molar-refractivity contribution in [2.75, 3.05) is 26.2 Å². The van der Waals surface area contributed by atoms with Gasteiger partial charge in [-0.3, -0.25) is 4.90 Å². The van der Waals surface area contributed by atoms with Crippen molar-refractivity contribution in [3.63, 3.8) is 0 Å². The van der Waals surface area contributed by atoms with E-state index in [0.29, 0.717) is 25.1 Å². The second kappa shape index (κ2) is 11.4. The summed E-state index contributed by atoms with van der Waals surface area (Å²) in [5.74, 6) is 2.36. The summed E-state index contributed by atoms with van der Waals surface area (Å²) in [4.78, 5) is 8.14. The van der Waals surface area contributed by atoms with Crippen molar-refractivity contribution in [1.29, 1.82) is 0 Å². The molecule has 0 aromatic carbocycles. The van der Waals surface area contributed by atoms with Crippen LogP contribution >= 0.6 is 35.3 Å². The maximum Gasteiger partial charge on any atom is 0.191 e. The van der Waals surface area contributed by atoms with Crippen molar-refractivity contribution in [2.45, 2.75) is 51.8 Å². The molecular weight excluding hydrogens is 513 g/mol. The highest BCUT2D eigenvalue weighted by molar-refractivity contribution is 14.0. The van der Waals surface area contributed by atoms with Crippen molar-refractivity contribution in [2.24, 2.45) is 12.0 Å². The molecule has 2 unspecified atom stereocenters. The fraction of sp³-hybridized carbons (Fsp3) is 0.650. The number of likely N-dealkylation sites (tertiary alicyclic amines) is 1. The lowest BCUT2D eigenvalue weighted by Gasteiger charge is -2.26. The van der Waals surface area contributed by atoms with E-state index in [9.17, 15) is 5.11 Å². The molecule has 30 heavy (non-hydrogen) atoms. The normalized spacial score (nSPS) is 19.4. The molecular formula is C20H34IN7OS. The summed E-state index contributed by atoms with van der Waals surface area (Å²) >= 11 is 1.55. The first kappa shape index (κ1) is 25.0. The number of guanidine groups is 1. The van der Waals surface area contributed by atoms with Crippen LogP contribution in [0, 0.1) is 6.92 Å². The standard InChI is InChI=1S/C20H33N7OS.HI/c1-5-27-10-6-8-16(27)12-21-19(22-13-18-25-24-15(2)26(18)4)23-14-20(3,28)17-9-7-11-29-17;/h7,9,11,16,28H,5-6,8,10,12-14H2,1-4H3,(H2,21,22,23);1H. The smallest absolute Gasteiger partial charge is 0.191 e. The molecule has 3 heterocycles. The summed E-state index contributed by atoms with van der Waals surface area (Å²) in [6.07, 6.45) is 2.44. The zero-order valence-electron chi connectivity index (χ0n) is 18.3. The molecule has 2 aromatic rings. The second-order valence-electron chi connectivity index (χ2n) is 7.80. The molecule has 3 N–H and O–H groups in total. The third-order valence-electron chi connectivity index (χ3n) is 5.62. The molecule has 2 atom stereocenters. The van der Waals surface area contributed by atoms with Crippen LogP contribution in [0.1, 0.15) is 43.2 Å². The van der Waals surface area contributed by atoms with E-state index in [-0.39, 0.29) is 24.0 Å². The number of likely N-dealkylation sites (N-methyl/N-ethyl adjacent to an activating group) is 1. The Morgan fingerprint density at radius 2 is 2.20 bits per heavy atom. The van der Waals surface area contributed by atoms with E-state index in [1.807, 2.05) is 43.0 Å². The summed E-state index contributed by atoms with van der Waals surface area (Å²) in [5, 5.41) is 27.9. The van der Waals surface area contributed by atoms with Gasteiger partial charge in [-0.1, -0.05) is 13.0 Å². The lowest BCUT2D eigenvalue weighted by atomic mass is 10.1. The summed E-state index contributed by atoms with van der Waals surface area (Å²) in [7, 11) is 1.94. The van der Waals surface area contributed by atoms with E-state index >= 15 is 0 Å². The Morgan fingerprint density at radius 1 is 1.40 bits per heavy atom. The zero-order valence-corrected chi connectivity index (χ0v) is 21.4. The highest BCUT2D eigenvalue weighted by atomic mass is 127. The maximum absolute atomic E-state index is 10.8. The van der Waals surface area contributed by atoms with Crippen molar-refractivity contribution in [3.8, 4) is 0 Å². The number of aliphatic imine (C=N–C) groups is 1. The number of nitrogens with one attached hydrogen (secondary N) is 2. The Bertz CT molecular complexity index is 806. The SMILES string of the molecule is CCN1CCCC1CNC(=NCc1nnc(C)n1C)NCC(C)(O)c1cccs1.I. The minimum Gasteiger partial charge on any atom is -0.383 e. The monoisotopic (exact) mass is 547 g/mol. The van der Waals surface area contributed by atoms with Crippen LogP contribution in [0.15, 0.2) is 22.5 Å². The molecule has 0 amide bonds. The summed E-state index contributed by atoms with van der Waals surface area (Å²) in [6.45, 7) is 9.82. The van der Waals surface area contributed by atoms with Gasteiger partial charge in [0.25, 0.3) is 0 Å². The molecule has 2 aromatic heterocycles. The number of rotatable bonds is 8. The molecule has 0 radical (unpaired) electrons. The summed E-state index contributed by atoms with van der Waals surface area (Å²) in [5.41, 5.74) is -0.958. The number of aryl methyl sites for hydroxylation is 1. The average Bonchev–Trinajstić information content (AvgIpc) is 3.45. The summed E-state index contributed by atoms with van der Waals surface area (Å²) in [6, 6.07) is 4.43. The first-order valence-electron chi connectivity index (χ1n) is 10.3. The molecule has 8 nitrogen and oxygen atoms in total. The first-order valence-corrected chi connectivity index (χ1v) is 11.2. The van der Waals surface area contributed by atoms with Crippen molar-refractivity contribution >= 4 is 41.3 Å². The average molecular weight is 548 g/mol. The van der Waals surface area contributed by atoms with Crippen LogP contribution in [0.5, 0.6) is 0 Å². The molecule has 0 aliphatic carbocycles. The van der Waals surface area contributed by atoms with Gasteiger partial charge in [-0.25, -0.2) is 4.99 Å². The predicted molar refractivity (Wildman–Crippen MR) is 132 cm³/mol. The van der Waals surface area contributed by atoms with Gasteiger partial charge in [-0.05, 0) is 51.2 Å². The van der Waals surface area contributed by atoms with Crippen molar-refractivity contribution in [1.82, 2.24) is 30.3 Å². The maximum atomic E-state index is 10.8. The minimum absolute atomic E-state index is 0. The molecule has 1 saturated heterocycles. The van der Waals surface area contributed by atoms with Crippen molar-refractivity contribution < 1.29 is 5.11 Å². The molecule has 1 aliphatic heterocycles. The van der Waals surface area contributed by atoms with Crippen LogP contribution in [-0.4, -0.2) is 63.0 Å². The quantitative estimate of drug-likeness (QED) is 0.267. The second-order valence-corrected chi connectivity index (χ2v) is 8.75. The number of aliphatic hydroxyl groups is 1. The third-order valence-corrected chi connectivity index (χ3v) is 6.75. The van der Waals surface area contributed by atoms with Crippen LogP contribution in [0.2, 0.25) is 0 Å². The van der Waals surface area contributed by atoms with Crippen LogP contribution in [0.25, 0.3) is 0 Å². The topological polar surface area (TPSA) is 90.6 Å². The van der Waals surface area contributed by atoms with Gasteiger partial charge in [0.2, 0.25) is 0 Å². The van der Waals surface area contributed by atoms with Gasteiger partial charge in [0.15, 0.2) is 11.8 Å². The number of thiophene rings is 1. The van der Waals surface area contributed by atoms with Gasteiger partial charge in [-0.15, -0.1) is 45.5 Å². The predicted octanol–water partition coefficient (Wildman–Crippen LogP) is 2.23. The molecule has 10 heteroatoms. The number of aromatic nitrogens is 3. The molecule has 3 rings (SSSR count). The van der Waals surface area contributed by atoms with E-state index < -0.39 is 5.60 Å². The Labute approximate surface area is 200 Å². The van der Waals surface area contributed by atoms with E-state index in [4.69, 9.17) is 4.99 Å². The number of nitrogens with zero attached hydrogens (tertiary/aromatic N) is 5. The first-order chi connectivity index (χ1) is 13.9. The Morgan fingerprint density at radius 3 is 2.83 bits per heavy atom.